The van der Waals surface area contributed by atoms with Crippen LogP contribution < -0.4 is 11.1 Å². The molecule has 0 saturated carbocycles. The first-order valence-electron chi connectivity index (χ1n) is 6.52. The number of hydrogen-bond acceptors (Lipinski definition) is 3. The van der Waals surface area contributed by atoms with Gasteiger partial charge in [0.05, 0.1) is 21.4 Å². The number of carbonyl (C=O) groups is 1. The van der Waals surface area contributed by atoms with Gasteiger partial charge in [0.15, 0.2) is 0 Å². The minimum atomic E-state index is -1.39. The van der Waals surface area contributed by atoms with Crippen molar-refractivity contribution in [3.8, 4) is 0 Å². The zero-order chi connectivity index (χ0) is 14.4. The molecule has 5 heteroatoms. The molecule has 1 aromatic carbocycles. The van der Waals surface area contributed by atoms with E-state index in [1.165, 1.54) is 0 Å². The summed E-state index contributed by atoms with van der Waals surface area (Å²) >= 11 is 0. The standard InChI is InChI=1S/C14H22N2O2S/c1-4-11(5-2)16-13(17)9-19(18)12-8-6-7-10(3)14(12)15/h6-8,11H,4-5,9,15H2,1-3H3,(H,16,17). The molecule has 0 spiro atoms. The van der Waals surface area contributed by atoms with Gasteiger partial charge in [0.25, 0.3) is 0 Å². The van der Waals surface area contributed by atoms with Crippen molar-refractivity contribution in [2.75, 3.05) is 11.5 Å². The lowest BCUT2D eigenvalue weighted by Crippen LogP contribution is -2.36. The fourth-order valence-corrected chi connectivity index (χ4v) is 2.92. The highest BCUT2D eigenvalue weighted by Crippen LogP contribution is 2.20. The third-order valence-corrected chi connectivity index (χ3v) is 4.51. The molecular formula is C14H22N2O2S. The van der Waals surface area contributed by atoms with Crippen molar-refractivity contribution < 1.29 is 9.00 Å². The number of hydrogen-bond donors (Lipinski definition) is 2. The Labute approximate surface area is 117 Å². The summed E-state index contributed by atoms with van der Waals surface area (Å²) in [6, 6.07) is 5.53. The van der Waals surface area contributed by atoms with Crippen LogP contribution in [-0.2, 0) is 15.6 Å². The van der Waals surface area contributed by atoms with Crippen LogP contribution in [0.15, 0.2) is 23.1 Å². The molecule has 0 saturated heterocycles. The van der Waals surface area contributed by atoms with E-state index in [4.69, 9.17) is 5.73 Å². The molecule has 0 fully saturated rings. The molecule has 1 aromatic rings. The Kier molecular flexibility index (Phi) is 6.02. The lowest BCUT2D eigenvalue weighted by Gasteiger charge is -2.15. The monoisotopic (exact) mass is 282 g/mol. The SMILES string of the molecule is CCC(CC)NC(=O)CS(=O)c1cccc(C)c1N. The van der Waals surface area contributed by atoms with Gasteiger partial charge >= 0.3 is 0 Å². The van der Waals surface area contributed by atoms with E-state index in [1.807, 2.05) is 26.8 Å². The van der Waals surface area contributed by atoms with Gasteiger partial charge < -0.3 is 11.1 Å². The van der Waals surface area contributed by atoms with Crippen LogP contribution in [0.1, 0.15) is 32.3 Å². The summed E-state index contributed by atoms with van der Waals surface area (Å²) in [6.07, 6.45) is 1.75. The predicted molar refractivity (Wildman–Crippen MR) is 79.4 cm³/mol. The fraction of sp³-hybridized carbons (Fsp3) is 0.500. The van der Waals surface area contributed by atoms with Gasteiger partial charge in [-0.25, -0.2) is 0 Å². The Morgan fingerprint density at radius 1 is 1.37 bits per heavy atom. The van der Waals surface area contributed by atoms with Crippen molar-refractivity contribution in [1.82, 2.24) is 5.32 Å². The quantitative estimate of drug-likeness (QED) is 0.784. The van der Waals surface area contributed by atoms with Crippen LogP contribution in [0.25, 0.3) is 0 Å². The number of benzene rings is 1. The Bertz CT molecular complexity index is 471. The fourth-order valence-electron chi connectivity index (χ4n) is 1.81. The number of nitrogens with two attached hydrogens (primary N) is 1. The average molecular weight is 282 g/mol. The number of carbonyl (C=O) groups excluding carboxylic acids is 1. The van der Waals surface area contributed by atoms with Crippen LogP contribution in [0.4, 0.5) is 5.69 Å². The normalized spacial score (nSPS) is 12.4. The van der Waals surface area contributed by atoms with Gasteiger partial charge in [-0.1, -0.05) is 26.0 Å². The molecular weight excluding hydrogens is 260 g/mol. The van der Waals surface area contributed by atoms with Gasteiger partial charge in [-0.15, -0.1) is 0 Å². The molecule has 0 bridgehead atoms. The van der Waals surface area contributed by atoms with Gasteiger partial charge in [-0.05, 0) is 31.4 Å². The highest BCUT2D eigenvalue weighted by atomic mass is 32.2. The van der Waals surface area contributed by atoms with E-state index in [9.17, 15) is 9.00 Å². The summed E-state index contributed by atoms with van der Waals surface area (Å²) in [5.74, 6) is -0.225. The molecule has 1 atom stereocenters. The predicted octanol–water partition coefficient (Wildman–Crippen LogP) is 1.99. The lowest BCUT2D eigenvalue weighted by molar-refractivity contribution is -0.119. The van der Waals surface area contributed by atoms with E-state index >= 15 is 0 Å². The first-order chi connectivity index (χ1) is 8.99. The molecule has 1 unspecified atom stereocenters. The summed E-state index contributed by atoms with van der Waals surface area (Å²) in [5.41, 5.74) is 7.28. The van der Waals surface area contributed by atoms with Crippen molar-refractivity contribution >= 4 is 22.4 Å². The first-order valence-corrected chi connectivity index (χ1v) is 7.84. The van der Waals surface area contributed by atoms with E-state index in [2.05, 4.69) is 5.32 Å². The molecule has 19 heavy (non-hydrogen) atoms. The zero-order valence-electron chi connectivity index (χ0n) is 11.7. The minimum absolute atomic E-state index is 0.0375. The van der Waals surface area contributed by atoms with Crippen molar-refractivity contribution in [3.63, 3.8) is 0 Å². The molecule has 0 aliphatic carbocycles. The molecule has 0 aromatic heterocycles. The van der Waals surface area contributed by atoms with E-state index in [-0.39, 0.29) is 17.7 Å². The van der Waals surface area contributed by atoms with Crippen LogP contribution in [0, 0.1) is 6.92 Å². The molecule has 106 valence electrons. The third-order valence-electron chi connectivity index (χ3n) is 3.14. The number of rotatable bonds is 6. The maximum absolute atomic E-state index is 12.2. The first kappa shape index (κ1) is 15.7. The van der Waals surface area contributed by atoms with E-state index in [0.717, 1.165) is 18.4 Å². The van der Waals surface area contributed by atoms with E-state index in [0.29, 0.717) is 10.6 Å². The topological polar surface area (TPSA) is 72.2 Å². The number of nitrogens with one attached hydrogen (secondary N) is 1. The van der Waals surface area contributed by atoms with Crippen LogP contribution >= 0.6 is 0 Å². The smallest absolute Gasteiger partial charge is 0.233 e. The number of para-hydroxylation sites is 1. The highest BCUT2D eigenvalue weighted by molar-refractivity contribution is 7.86. The van der Waals surface area contributed by atoms with Gasteiger partial charge in [-0.3, -0.25) is 9.00 Å². The van der Waals surface area contributed by atoms with Gasteiger partial charge in [-0.2, -0.15) is 0 Å². The third kappa shape index (κ3) is 4.35. The second-order valence-corrected chi connectivity index (χ2v) is 5.98. The largest absolute Gasteiger partial charge is 0.398 e. The van der Waals surface area contributed by atoms with E-state index in [1.54, 1.807) is 12.1 Å². The number of anilines is 1. The van der Waals surface area contributed by atoms with Crippen LogP contribution in [0.5, 0.6) is 0 Å². The molecule has 1 amide bonds. The van der Waals surface area contributed by atoms with Gasteiger partial charge in [0.2, 0.25) is 5.91 Å². The molecule has 3 N–H and O–H groups in total. The van der Waals surface area contributed by atoms with Crippen molar-refractivity contribution in [2.45, 2.75) is 44.6 Å². The van der Waals surface area contributed by atoms with Crippen LogP contribution in [0.2, 0.25) is 0 Å². The summed E-state index contributed by atoms with van der Waals surface area (Å²) < 4.78 is 12.2. The van der Waals surface area contributed by atoms with Crippen LogP contribution in [-0.4, -0.2) is 21.9 Å². The minimum Gasteiger partial charge on any atom is -0.398 e. The van der Waals surface area contributed by atoms with Crippen molar-refractivity contribution in [2.24, 2.45) is 0 Å². The van der Waals surface area contributed by atoms with Gasteiger partial charge in [0.1, 0.15) is 5.75 Å². The average Bonchev–Trinajstić information content (AvgIpc) is 2.38. The number of amides is 1. The Morgan fingerprint density at radius 2 is 2.00 bits per heavy atom. The molecule has 1 rings (SSSR count). The maximum Gasteiger partial charge on any atom is 0.233 e. The molecule has 0 heterocycles. The Hall–Kier alpha value is -1.36. The summed E-state index contributed by atoms with van der Waals surface area (Å²) in [7, 11) is -1.39. The van der Waals surface area contributed by atoms with Crippen molar-refractivity contribution in [1.29, 1.82) is 0 Å². The van der Waals surface area contributed by atoms with Crippen molar-refractivity contribution in [3.05, 3.63) is 23.8 Å². The van der Waals surface area contributed by atoms with Crippen LogP contribution in [0.3, 0.4) is 0 Å². The summed E-state index contributed by atoms with van der Waals surface area (Å²) in [4.78, 5) is 12.3. The molecule has 0 aliphatic rings. The Balaban J connectivity index is 2.69. The molecule has 0 aliphatic heterocycles. The van der Waals surface area contributed by atoms with Gasteiger partial charge in [0, 0.05) is 6.04 Å². The molecule has 0 radical (unpaired) electrons. The number of aryl methyl sites for hydroxylation is 1. The zero-order valence-corrected chi connectivity index (χ0v) is 12.5. The summed E-state index contributed by atoms with van der Waals surface area (Å²) in [6.45, 7) is 5.90. The number of nitrogen functional groups attached to an aromatic ring is 1. The Morgan fingerprint density at radius 3 is 2.58 bits per heavy atom. The summed E-state index contributed by atoms with van der Waals surface area (Å²) in [5, 5.41) is 2.88. The maximum atomic E-state index is 12.2. The highest BCUT2D eigenvalue weighted by Gasteiger charge is 2.15. The van der Waals surface area contributed by atoms with E-state index < -0.39 is 10.8 Å². The second kappa shape index (κ2) is 7.28. The second-order valence-electron chi connectivity index (χ2n) is 4.56. The molecule has 4 nitrogen and oxygen atoms in total. The lowest BCUT2D eigenvalue weighted by atomic mass is 10.2.